The number of amides is 1. The Bertz CT molecular complexity index is 1170. The van der Waals surface area contributed by atoms with E-state index in [0.29, 0.717) is 42.9 Å². The van der Waals surface area contributed by atoms with Crippen LogP contribution in [0.1, 0.15) is 61.6 Å². The summed E-state index contributed by atoms with van der Waals surface area (Å²) in [5, 5.41) is 17.4. The molecule has 3 saturated heterocycles. The number of likely N-dealkylation sites (tertiary alicyclic amines) is 1. The highest BCUT2D eigenvalue weighted by molar-refractivity contribution is 5.87. The van der Waals surface area contributed by atoms with E-state index in [-0.39, 0.29) is 24.5 Å². The summed E-state index contributed by atoms with van der Waals surface area (Å²) in [5.41, 5.74) is 4.91. The van der Waals surface area contributed by atoms with E-state index >= 15 is 0 Å². The van der Waals surface area contributed by atoms with Crippen LogP contribution in [0.3, 0.4) is 0 Å². The number of hydrogen-bond acceptors (Lipinski definition) is 7. The Balaban J connectivity index is 1.21. The molecule has 5 aliphatic rings. The minimum Gasteiger partial charge on any atom is -0.348 e. The first-order valence-electron chi connectivity index (χ1n) is 15.8. The van der Waals surface area contributed by atoms with Crippen molar-refractivity contribution in [1.29, 1.82) is 5.26 Å². The summed E-state index contributed by atoms with van der Waals surface area (Å²) in [7, 11) is 2.20. The molecule has 3 aliphatic heterocycles. The molecule has 0 aromatic heterocycles. The van der Waals surface area contributed by atoms with Gasteiger partial charge in [-0.05, 0) is 100 Å². The molecule has 1 spiro atoms. The average Bonchev–Trinajstić information content (AvgIpc) is 3.39. The maximum absolute atomic E-state index is 12.6. The van der Waals surface area contributed by atoms with Crippen molar-refractivity contribution >= 4 is 5.91 Å². The summed E-state index contributed by atoms with van der Waals surface area (Å²) >= 11 is 0. The number of fused-ring (bicyclic) bond motifs is 2. The molecule has 1 aromatic carbocycles. The van der Waals surface area contributed by atoms with Gasteiger partial charge in [0.25, 0.3) is 0 Å². The van der Waals surface area contributed by atoms with E-state index in [2.05, 4.69) is 65.3 Å². The summed E-state index contributed by atoms with van der Waals surface area (Å²) in [6, 6.07) is 9.90. The molecule has 1 saturated carbocycles. The quantitative estimate of drug-likeness (QED) is 0.517. The fourth-order valence-electron chi connectivity index (χ4n) is 8.72. The Morgan fingerprint density at radius 3 is 2.88 bits per heavy atom. The Hall–Kier alpha value is -2.28. The molecule has 41 heavy (non-hydrogen) atoms. The van der Waals surface area contributed by atoms with E-state index in [9.17, 15) is 10.1 Å². The molecule has 222 valence electrons. The van der Waals surface area contributed by atoms with Gasteiger partial charge >= 0.3 is 0 Å². The summed E-state index contributed by atoms with van der Waals surface area (Å²) in [6.45, 7) is 9.93. The van der Waals surface area contributed by atoms with Gasteiger partial charge in [0.15, 0.2) is 6.35 Å². The lowest BCUT2D eigenvalue weighted by atomic mass is 9.59. The zero-order valence-electron chi connectivity index (χ0n) is 25.0. The molecular weight excluding hydrogens is 512 g/mol. The normalized spacial score (nSPS) is 36.0. The molecule has 2 N–H and O–H groups in total. The zero-order valence-corrected chi connectivity index (χ0v) is 25.0. The molecule has 1 amide bonds. The van der Waals surface area contributed by atoms with Crippen molar-refractivity contribution in [2.75, 3.05) is 39.8 Å². The van der Waals surface area contributed by atoms with Crippen LogP contribution in [0.2, 0.25) is 0 Å². The predicted octanol–water partition coefficient (Wildman–Crippen LogP) is 3.16. The van der Waals surface area contributed by atoms with Crippen molar-refractivity contribution in [3.8, 4) is 6.07 Å². The van der Waals surface area contributed by atoms with E-state index in [1.165, 1.54) is 63.0 Å². The van der Waals surface area contributed by atoms with Crippen LogP contribution < -0.4 is 10.6 Å². The molecule has 0 radical (unpaired) electrons. The number of nitriles is 1. The molecule has 6 rings (SSSR count). The molecule has 7 atom stereocenters. The van der Waals surface area contributed by atoms with Crippen molar-refractivity contribution in [1.82, 2.24) is 25.3 Å². The van der Waals surface area contributed by atoms with Crippen molar-refractivity contribution < 1.29 is 9.53 Å². The maximum atomic E-state index is 12.6. The predicted molar refractivity (Wildman–Crippen MR) is 160 cm³/mol. The van der Waals surface area contributed by atoms with Crippen LogP contribution in [0, 0.1) is 29.6 Å². The first-order valence-corrected chi connectivity index (χ1v) is 15.8. The van der Waals surface area contributed by atoms with Gasteiger partial charge in [-0.15, -0.1) is 0 Å². The van der Waals surface area contributed by atoms with Gasteiger partial charge in [-0.3, -0.25) is 20.3 Å². The molecule has 1 aromatic rings. The second-order valence-electron chi connectivity index (χ2n) is 13.4. The van der Waals surface area contributed by atoms with Crippen LogP contribution in [0.25, 0.3) is 0 Å². The second-order valence-corrected chi connectivity index (χ2v) is 13.4. The lowest BCUT2D eigenvalue weighted by molar-refractivity contribution is -0.137. The van der Waals surface area contributed by atoms with Gasteiger partial charge in [0.1, 0.15) is 0 Å². The number of likely N-dealkylation sites (N-methyl/N-ethyl adjacent to an activating group) is 1. The number of benzene rings is 1. The molecule has 2 aliphatic carbocycles. The van der Waals surface area contributed by atoms with E-state index in [1.807, 2.05) is 4.90 Å². The van der Waals surface area contributed by atoms with Gasteiger partial charge in [-0.25, -0.2) is 0 Å². The standard InChI is InChI=1S/C33H48N6O2/c1-4-30(40)39-18-17-38(21-25(39)12-15-34)31-28-11-14-33(13-10-27-23(2)7-5-8-24(27)19-33)20-29(28)35-32(36-31)41-22-26-9-6-16-37(26)3/h4-5,7-8,25-26,28-29,31-32,35-36H,1,6,9-14,16-22H2,2-3H3. The lowest BCUT2D eigenvalue weighted by Crippen LogP contribution is -2.72. The number of carbonyl (C=O) groups is 1. The highest BCUT2D eigenvalue weighted by Crippen LogP contribution is 2.50. The number of nitrogens with one attached hydrogen (secondary N) is 2. The number of aryl methyl sites for hydroxylation is 1. The number of carbonyl (C=O) groups excluding carboxylic acids is 1. The van der Waals surface area contributed by atoms with Gasteiger partial charge in [-0.1, -0.05) is 24.8 Å². The van der Waals surface area contributed by atoms with Crippen molar-refractivity contribution in [2.24, 2.45) is 11.3 Å². The van der Waals surface area contributed by atoms with Crippen molar-refractivity contribution in [3.63, 3.8) is 0 Å². The van der Waals surface area contributed by atoms with Crippen LogP contribution in [-0.2, 0) is 22.4 Å². The van der Waals surface area contributed by atoms with E-state index < -0.39 is 0 Å². The monoisotopic (exact) mass is 560 g/mol. The first kappa shape index (κ1) is 28.8. The Labute approximate surface area is 246 Å². The third-order valence-corrected chi connectivity index (χ3v) is 11.1. The number of piperazine rings is 1. The van der Waals surface area contributed by atoms with Gasteiger partial charge in [-0.2, -0.15) is 5.26 Å². The van der Waals surface area contributed by atoms with Crippen LogP contribution in [0.4, 0.5) is 0 Å². The lowest BCUT2D eigenvalue weighted by Gasteiger charge is -2.56. The van der Waals surface area contributed by atoms with Gasteiger partial charge in [0.05, 0.1) is 31.3 Å². The highest BCUT2D eigenvalue weighted by atomic mass is 16.5. The van der Waals surface area contributed by atoms with Gasteiger partial charge < -0.3 is 14.5 Å². The second kappa shape index (κ2) is 12.1. The number of ether oxygens (including phenoxy) is 1. The van der Waals surface area contributed by atoms with Crippen molar-refractivity contribution in [3.05, 3.63) is 47.5 Å². The molecule has 8 nitrogen and oxygen atoms in total. The SMILES string of the molecule is C=CC(=O)N1CCN(C2NC(OCC3CCCN3C)NC3CC4(CCc5c(C)cccc5C4)CCC32)CC1CC#N. The minimum atomic E-state index is -0.203. The van der Waals surface area contributed by atoms with Gasteiger partial charge in [0.2, 0.25) is 5.91 Å². The molecule has 7 unspecified atom stereocenters. The first-order chi connectivity index (χ1) is 19.9. The van der Waals surface area contributed by atoms with Crippen LogP contribution in [0.5, 0.6) is 0 Å². The summed E-state index contributed by atoms with van der Waals surface area (Å²) in [5.74, 6) is 0.383. The van der Waals surface area contributed by atoms with Gasteiger partial charge in [0, 0.05) is 37.6 Å². The van der Waals surface area contributed by atoms with E-state index in [4.69, 9.17) is 4.74 Å². The molecule has 3 heterocycles. The fourth-order valence-corrected chi connectivity index (χ4v) is 8.72. The number of rotatable bonds is 6. The van der Waals surface area contributed by atoms with Crippen molar-refractivity contribution in [2.45, 2.75) is 95.4 Å². The molecule has 8 heteroatoms. The highest BCUT2D eigenvalue weighted by Gasteiger charge is 2.50. The van der Waals surface area contributed by atoms with Crippen LogP contribution in [0.15, 0.2) is 30.9 Å². The Kier molecular flexibility index (Phi) is 8.54. The molecule has 0 bridgehead atoms. The minimum absolute atomic E-state index is 0.0737. The third kappa shape index (κ3) is 5.85. The fraction of sp³-hybridized carbons (Fsp3) is 0.697. The van der Waals surface area contributed by atoms with E-state index in [1.54, 1.807) is 11.1 Å². The average molecular weight is 561 g/mol. The molecular formula is C33H48N6O2. The third-order valence-electron chi connectivity index (χ3n) is 11.1. The summed E-state index contributed by atoms with van der Waals surface area (Å²) in [6.07, 6.45) is 11.3. The largest absolute Gasteiger partial charge is 0.348 e. The number of nitrogens with zero attached hydrogens (tertiary/aromatic N) is 4. The number of hydrogen-bond donors (Lipinski definition) is 2. The summed E-state index contributed by atoms with van der Waals surface area (Å²) in [4.78, 5) is 19.3. The Morgan fingerprint density at radius 2 is 2.10 bits per heavy atom. The van der Waals surface area contributed by atoms with Crippen LogP contribution >= 0.6 is 0 Å². The molecule has 4 fully saturated rings. The maximum Gasteiger partial charge on any atom is 0.246 e. The van der Waals surface area contributed by atoms with E-state index in [0.717, 1.165) is 19.7 Å². The zero-order chi connectivity index (χ0) is 28.6. The Morgan fingerprint density at radius 1 is 1.22 bits per heavy atom. The summed E-state index contributed by atoms with van der Waals surface area (Å²) < 4.78 is 6.59. The smallest absolute Gasteiger partial charge is 0.246 e. The van der Waals surface area contributed by atoms with Crippen LogP contribution in [-0.4, -0.2) is 91.1 Å². The topological polar surface area (TPSA) is 83.9 Å².